The number of pyridine rings is 1. The average Bonchev–Trinajstić information content (AvgIpc) is 3.42. The molecule has 0 spiro atoms. The lowest BCUT2D eigenvalue weighted by Crippen LogP contribution is -2.50. The van der Waals surface area contributed by atoms with E-state index in [1.807, 2.05) is 55.3 Å². The van der Waals surface area contributed by atoms with Crippen LogP contribution in [0.15, 0.2) is 48.1 Å². The van der Waals surface area contributed by atoms with Crippen LogP contribution in [-0.4, -0.2) is 77.4 Å². The fraction of sp³-hybridized carbons (Fsp3) is 0.433. The van der Waals surface area contributed by atoms with Gasteiger partial charge in [0.05, 0.1) is 11.4 Å². The second-order valence-corrected chi connectivity index (χ2v) is 12.8. The van der Waals surface area contributed by atoms with Gasteiger partial charge in [-0.1, -0.05) is 6.07 Å². The molecule has 0 unspecified atom stereocenters. The summed E-state index contributed by atoms with van der Waals surface area (Å²) in [5.41, 5.74) is 1.44. The summed E-state index contributed by atoms with van der Waals surface area (Å²) in [6.07, 6.45) is 2.51. The molecular formula is C30H38N6O5S. The zero-order valence-corrected chi connectivity index (χ0v) is 25.9. The van der Waals surface area contributed by atoms with Crippen molar-refractivity contribution in [3.05, 3.63) is 53.1 Å². The molecule has 12 heteroatoms. The van der Waals surface area contributed by atoms with Crippen molar-refractivity contribution in [1.29, 1.82) is 0 Å². The highest BCUT2D eigenvalue weighted by Crippen LogP contribution is 2.33. The van der Waals surface area contributed by atoms with Crippen LogP contribution in [0.4, 0.5) is 26.8 Å². The topological polar surface area (TPSA) is 117 Å². The quantitative estimate of drug-likeness (QED) is 0.389. The molecule has 1 aromatic carbocycles. The van der Waals surface area contributed by atoms with Gasteiger partial charge in [-0.15, -0.1) is 11.3 Å². The highest BCUT2D eigenvalue weighted by molar-refractivity contribution is 7.12. The van der Waals surface area contributed by atoms with Gasteiger partial charge in [-0.3, -0.25) is 14.7 Å². The van der Waals surface area contributed by atoms with E-state index in [0.717, 1.165) is 11.1 Å². The molecule has 0 bridgehead atoms. The Morgan fingerprint density at radius 3 is 2.17 bits per heavy atom. The van der Waals surface area contributed by atoms with Crippen LogP contribution in [0, 0.1) is 0 Å². The van der Waals surface area contributed by atoms with Gasteiger partial charge in [0.1, 0.15) is 17.0 Å². The molecule has 1 N–H and O–H groups in total. The number of thiazole rings is 1. The number of aromatic nitrogens is 2. The van der Waals surface area contributed by atoms with Crippen molar-refractivity contribution in [2.24, 2.45) is 0 Å². The lowest BCUT2D eigenvalue weighted by atomic mass is 10.1. The number of benzene rings is 1. The van der Waals surface area contributed by atoms with Crippen molar-refractivity contribution < 1.29 is 23.9 Å². The largest absolute Gasteiger partial charge is 0.444 e. The summed E-state index contributed by atoms with van der Waals surface area (Å²) in [6.45, 7) is 13.1. The summed E-state index contributed by atoms with van der Waals surface area (Å²) in [6, 6.07) is 9.20. The minimum absolute atomic E-state index is 0.278. The molecule has 0 radical (unpaired) electrons. The third kappa shape index (κ3) is 7.96. The van der Waals surface area contributed by atoms with Gasteiger partial charge in [-0.2, -0.15) is 0 Å². The summed E-state index contributed by atoms with van der Waals surface area (Å²) in [7, 11) is 1.60. The molecule has 1 fully saturated rings. The van der Waals surface area contributed by atoms with Crippen LogP contribution in [0.3, 0.4) is 0 Å². The third-order valence-corrected chi connectivity index (χ3v) is 7.06. The molecule has 3 amide bonds. The first kappa shape index (κ1) is 30.8. The number of anilines is 3. The summed E-state index contributed by atoms with van der Waals surface area (Å²) in [4.78, 5) is 52.4. The summed E-state index contributed by atoms with van der Waals surface area (Å²) < 4.78 is 11.0. The average molecular weight is 595 g/mol. The summed E-state index contributed by atoms with van der Waals surface area (Å²) in [5.74, 6) is 0.273. The Bertz CT molecular complexity index is 1420. The van der Waals surface area contributed by atoms with Crippen LogP contribution in [0.25, 0.3) is 11.1 Å². The number of carbonyl (C=O) groups excluding carboxylic acids is 3. The monoisotopic (exact) mass is 594 g/mol. The Hall–Kier alpha value is -4.19. The second kappa shape index (κ2) is 12.4. The van der Waals surface area contributed by atoms with Crippen LogP contribution in [0.1, 0.15) is 51.3 Å². The van der Waals surface area contributed by atoms with Gasteiger partial charge in [0.2, 0.25) is 0 Å². The van der Waals surface area contributed by atoms with E-state index >= 15 is 0 Å². The summed E-state index contributed by atoms with van der Waals surface area (Å²) in [5, 5.41) is 5.06. The van der Waals surface area contributed by atoms with E-state index in [2.05, 4.69) is 15.3 Å². The first-order valence-electron chi connectivity index (χ1n) is 13.7. The lowest BCUT2D eigenvalue weighted by molar-refractivity contribution is 0.0240. The molecule has 3 heterocycles. The van der Waals surface area contributed by atoms with Gasteiger partial charge >= 0.3 is 12.2 Å². The molecule has 1 aliphatic rings. The van der Waals surface area contributed by atoms with Crippen molar-refractivity contribution in [3.63, 3.8) is 0 Å². The standard InChI is InChI=1S/C30H38N6O5S/c1-29(2,3)40-27(38)34(7)23-9-8-21(20-10-12-31-13-11-20)18-22(23)32-25(37)26-33-24(19-42-26)35-14-16-36(17-15-35)28(39)41-30(4,5)6/h8-13,18-19H,14-17H2,1-7H3,(H,32,37). The zero-order valence-electron chi connectivity index (χ0n) is 25.1. The fourth-order valence-corrected chi connectivity index (χ4v) is 4.94. The van der Waals surface area contributed by atoms with E-state index in [4.69, 9.17) is 9.47 Å². The molecule has 1 saturated heterocycles. The Morgan fingerprint density at radius 2 is 1.55 bits per heavy atom. The molecule has 1 aliphatic heterocycles. The number of nitrogens with zero attached hydrogens (tertiary/aromatic N) is 5. The molecule has 0 atom stereocenters. The summed E-state index contributed by atoms with van der Waals surface area (Å²) >= 11 is 1.23. The molecule has 224 valence electrons. The SMILES string of the molecule is CN(C(=O)OC(C)(C)C)c1ccc(-c2ccncc2)cc1NC(=O)c1nc(N2CCN(C(=O)OC(C)(C)C)CC2)cs1. The molecule has 0 aliphatic carbocycles. The van der Waals surface area contributed by atoms with Crippen LogP contribution in [0.5, 0.6) is 0 Å². The molecule has 4 rings (SSSR count). The molecule has 11 nitrogen and oxygen atoms in total. The van der Waals surface area contributed by atoms with Crippen molar-refractivity contribution in [3.8, 4) is 11.1 Å². The Labute approximate surface area is 250 Å². The number of nitrogens with one attached hydrogen (secondary N) is 1. The first-order valence-corrected chi connectivity index (χ1v) is 14.6. The van der Waals surface area contributed by atoms with Gasteiger partial charge in [0.15, 0.2) is 5.01 Å². The first-order chi connectivity index (χ1) is 19.7. The molecule has 3 aromatic rings. The van der Waals surface area contributed by atoms with Gasteiger partial charge in [0.25, 0.3) is 5.91 Å². The number of carbonyl (C=O) groups is 3. The third-order valence-electron chi connectivity index (χ3n) is 6.23. The normalized spacial score (nSPS) is 13.9. The highest BCUT2D eigenvalue weighted by atomic mass is 32.1. The Morgan fingerprint density at radius 1 is 0.905 bits per heavy atom. The minimum Gasteiger partial charge on any atom is -0.444 e. The predicted molar refractivity (Wildman–Crippen MR) is 164 cm³/mol. The van der Waals surface area contributed by atoms with Crippen molar-refractivity contribution in [2.45, 2.75) is 52.7 Å². The van der Waals surface area contributed by atoms with Gasteiger partial charge < -0.3 is 24.6 Å². The minimum atomic E-state index is -0.679. The predicted octanol–water partition coefficient (Wildman–Crippen LogP) is 5.89. The van der Waals surface area contributed by atoms with Crippen LogP contribution in [-0.2, 0) is 9.47 Å². The molecule has 0 saturated carbocycles. The Kier molecular flexibility index (Phi) is 9.05. The Balaban J connectivity index is 1.50. The molecule has 42 heavy (non-hydrogen) atoms. The number of hydrogen-bond acceptors (Lipinski definition) is 9. The van der Waals surface area contributed by atoms with Gasteiger partial charge in [0, 0.05) is 51.0 Å². The van der Waals surface area contributed by atoms with Crippen molar-refractivity contribution >= 4 is 46.6 Å². The van der Waals surface area contributed by atoms with E-state index in [0.29, 0.717) is 43.4 Å². The molecular weight excluding hydrogens is 556 g/mol. The van der Waals surface area contributed by atoms with Crippen molar-refractivity contribution in [2.75, 3.05) is 48.3 Å². The lowest BCUT2D eigenvalue weighted by Gasteiger charge is -2.35. The smallest absolute Gasteiger partial charge is 0.414 e. The number of amides is 3. The highest BCUT2D eigenvalue weighted by Gasteiger charge is 2.28. The van der Waals surface area contributed by atoms with Crippen LogP contribution < -0.4 is 15.1 Å². The number of rotatable bonds is 5. The van der Waals surface area contributed by atoms with Crippen molar-refractivity contribution in [1.82, 2.24) is 14.9 Å². The second-order valence-electron chi connectivity index (χ2n) is 11.9. The fourth-order valence-electron chi connectivity index (χ4n) is 4.22. The number of hydrogen-bond donors (Lipinski definition) is 1. The van der Waals surface area contributed by atoms with Gasteiger partial charge in [-0.25, -0.2) is 14.6 Å². The maximum atomic E-state index is 13.4. The van der Waals surface area contributed by atoms with Crippen LogP contribution >= 0.6 is 11.3 Å². The number of piperazine rings is 1. The maximum absolute atomic E-state index is 13.4. The maximum Gasteiger partial charge on any atom is 0.414 e. The van der Waals surface area contributed by atoms with E-state index < -0.39 is 23.2 Å². The molecule has 2 aromatic heterocycles. The van der Waals surface area contributed by atoms with E-state index in [1.54, 1.807) is 51.2 Å². The van der Waals surface area contributed by atoms with Crippen LogP contribution in [0.2, 0.25) is 0 Å². The van der Waals surface area contributed by atoms with E-state index in [-0.39, 0.29) is 11.1 Å². The van der Waals surface area contributed by atoms with E-state index in [9.17, 15) is 14.4 Å². The zero-order chi connectivity index (χ0) is 30.7. The van der Waals surface area contributed by atoms with Gasteiger partial charge in [-0.05, 0) is 76.9 Å². The number of ether oxygens (including phenoxy) is 2. The van der Waals surface area contributed by atoms with E-state index in [1.165, 1.54) is 16.2 Å².